The zero-order valence-electron chi connectivity index (χ0n) is 17.9. The summed E-state index contributed by atoms with van der Waals surface area (Å²) in [5.74, 6) is -0.927. The molecule has 0 spiro atoms. The third kappa shape index (κ3) is 6.38. The highest BCUT2D eigenvalue weighted by Gasteiger charge is 2.45. The van der Waals surface area contributed by atoms with Crippen LogP contribution in [-0.2, 0) is 27.4 Å². The van der Waals surface area contributed by atoms with Crippen LogP contribution in [0.3, 0.4) is 0 Å². The van der Waals surface area contributed by atoms with Crippen LogP contribution in [0.4, 0.5) is 0 Å². The van der Waals surface area contributed by atoms with E-state index in [4.69, 9.17) is 14.6 Å². The van der Waals surface area contributed by atoms with Crippen molar-refractivity contribution in [1.29, 1.82) is 0 Å². The summed E-state index contributed by atoms with van der Waals surface area (Å²) >= 11 is 0. The summed E-state index contributed by atoms with van der Waals surface area (Å²) in [5, 5.41) is 58.6. The summed E-state index contributed by atoms with van der Waals surface area (Å²) in [6.45, 7) is -1.97. The molecule has 10 atom stereocenters. The van der Waals surface area contributed by atoms with Gasteiger partial charge in [-0.3, -0.25) is 23.2 Å². The van der Waals surface area contributed by atoms with Crippen molar-refractivity contribution >= 4 is 15.4 Å². The summed E-state index contributed by atoms with van der Waals surface area (Å²) in [4.78, 5) is 49.1. The van der Waals surface area contributed by atoms with Crippen molar-refractivity contribution in [2.24, 2.45) is 0 Å². The first-order valence-electron chi connectivity index (χ1n) is 10.0. The number of aromatic nitrogens is 2. The van der Waals surface area contributed by atoms with E-state index in [2.05, 4.69) is 8.83 Å². The molecule has 0 saturated carbocycles. The molecule has 1 aromatic heterocycles. The van der Waals surface area contributed by atoms with Crippen molar-refractivity contribution in [1.82, 2.24) is 9.55 Å². The van der Waals surface area contributed by atoms with Gasteiger partial charge in [-0.2, -0.15) is 0 Å². The highest BCUT2D eigenvalue weighted by Crippen LogP contribution is 2.57. The van der Waals surface area contributed by atoms with E-state index in [1.54, 1.807) is 0 Å². The lowest BCUT2D eigenvalue weighted by atomic mass is 9.99. The number of H-pyrrole nitrogens is 1. The number of aliphatic hydroxyl groups excluding tert-OH is 6. The van der Waals surface area contributed by atoms with Gasteiger partial charge in [0.15, 0.2) is 13.8 Å². The summed E-state index contributed by atoms with van der Waals surface area (Å²) in [6, 6.07) is 0.920. The molecule has 2 fully saturated rings. The summed E-state index contributed by atoms with van der Waals surface area (Å²) < 4.78 is 43.4. The number of hydrogen-bond acceptors (Lipinski definition) is 16. The Kier molecular flexibility index (Phi) is 8.74. The van der Waals surface area contributed by atoms with Gasteiger partial charge < -0.3 is 59.0 Å². The average Bonchev–Trinajstić information content (AvgIpc) is 3.06. The van der Waals surface area contributed by atoms with E-state index in [-0.39, 0.29) is 5.82 Å². The van der Waals surface area contributed by atoms with Crippen LogP contribution in [0, 0.1) is 0 Å². The normalized spacial score (nSPS) is 37.3. The van der Waals surface area contributed by atoms with Gasteiger partial charge in [-0.25, -0.2) is 4.79 Å². The van der Waals surface area contributed by atoms with Crippen molar-refractivity contribution in [3.05, 3.63) is 44.7 Å². The number of nitrogens with one attached hydrogen (secondary N) is 1. The molecule has 20 heteroatoms. The van der Waals surface area contributed by atoms with Gasteiger partial charge in [0, 0.05) is 18.1 Å². The van der Waals surface area contributed by atoms with Gasteiger partial charge in [0.2, 0.25) is 0 Å². The third-order valence-electron chi connectivity index (χ3n) is 5.17. The first-order valence-corrected chi connectivity index (χ1v) is 13.1. The first kappa shape index (κ1) is 28.8. The fraction of sp³-hybridized carbons (Fsp3) is 0.625. The second-order valence-electron chi connectivity index (χ2n) is 7.72. The molecular weight excluding hydrogens is 538 g/mol. The van der Waals surface area contributed by atoms with E-state index in [0.29, 0.717) is 4.57 Å². The van der Waals surface area contributed by atoms with E-state index in [1.165, 1.54) is 0 Å². The highest BCUT2D eigenvalue weighted by atomic mass is 31.3. The molecule has 7 N–H and O–H groups in total. The topological polar surface area (TPSA) is 293 Å². The predicted molar refractivity (Wildman–Crippen MR) is 108 cm³/mol. The van der Waals surface area contributed by atoms with E-state index < -0.39 is 94.6 Å². The molecule has 0 amide bonds. The lowest BCUT2D eigenvalue weighted by Crippen LogP contribution is -2.53. The van der Waals surface area contributed by atoms with Crippen LogP contribution in [0.2, 0.25) is 0 Å². The van der Waals surface area contributed by atoms with Crippen molar-refractivity contribution in [2.75, 3.05) is 13.2 Å². The van der Waals surface area contributed by atoms with Gasteiger partial charge in [0.25, 0.3) is 13.4 Å². The monoisotopic (exact) mass is 560 g/mol. The molecule has 36 heavy (non-hydrogen) atoms. The lowest BCUT2D eigenvalue weighted by Gasteiger charge is -2.38. The zero-order valence-corrected chi connectivity index (χ0v) is 19.7. The lowest BCUT2D eigenvalue weighted by molar-refractivity contribution is -0.232. The van der Waals surface area contributed by atoms with Crippen LogP contribution in [0.25, 0.3) is 0 Å². The largest absolute Gasteiger partial charge is 0.775 e. The van der Waals surface area contributed by atoms with E-state index in [1.807, 2.05) is 4.98 Å². The minimum atomic E-state index is -5.71. The molecule has 3 heterocycles. The van der Waals surface area contributed by atoms with E-state index >= 15 is 0 Å². The summed E-state index contributed by atoms with van der Waals surface area (Å²) in [6.07, 6.45) is -13.2. The minimum Gasteiger partial charge on any atom is -0.775 e. The average molecular weight is 560 g/mol. The molecule has 18 nitrogen and oxygen atoms in total. The second kappa shape index (κ2) is 10.9. The zero-order chi connectivity index (χ0) is 27.0. The third-order valence-corrected chi connectivity index (χ3v) is 7.92. The van der Waals surface area contributed by atoms with Gasteiger partial charge in [-0.1, -0.05) is 0 Å². The number of ether oxygens (including phenoxy) is 2. The van der Waals surface area contributed by atoms with Gasteiger partial charge in [-0.15, -0.1) is 0 Å². The van der Waals surface area contributed by atoms with Crippen LogP contribution in [-0.4, -0.2) is 96.1 Å². The number of phosphoric ester groups is 1. The number of nitrogens with zero attached hydrogens (tertiary/aromatic N) is 1. The van der Waals surface area contributed by atoms with E-state index in [9.17, 15) is 54.0 Å². The highest BCUT2D eigenvalue weighted by molar-refractivity contribution is 7.64. The molecule has 0 bridgehead atoms. The van der Waals surface area contributed by atoms with Crippen molar-refractivity contribution in [2.45, 2.75) is 49.0 Å². The van der Waals surface area contributed by atoms with Crippen LogP contribution in [0.5, 0.6) is 0 Å². The van der Waals surface area contributed by atoms with Crippen molar-refractivity contribution in [3.8, 4) is 0 Å². The molecule has 2 aliphatic heterocycles. The van der Waals surface area contributed by atoms with Crippen LogP contribution >= 0.6 is 15.4 Å². The van der Waals surface area contributed by atoms with Gasteiger partial charge in [-0.05, 0) is 0 Å². The van der Waals surface area contributed by atoms with Crippen LogP contribution in [0.15, 0.2) is 33.4 Å². The fourth-order valence-corrected chi connectivity index (χ4v) is 5.72. The molecule has 2 saturated heterocycles. The standard InChI is InChI=1S/C16H24N2O16P2/c19-3-6-10(21)13(24)12(23)8(32-6)5-35(27,28)34-36(29,30)31-4-7-11(22)14(25)15(33-7)18-2-1-9(20)17-16(18)26/h1-2,5-7,10-15,19,21-25H,3-4H2,(H,27,28)(H,29,30)(H,17,20,26)/p-2/b8-5-/t6-,7-,10-,11-,12+,13+,14-,15-/m1/s1. The van der Waals surface area contributed by atoms with Gasteiger partial charge >= 0.3 is 5.69 Å². The number of rotatable bonds is 8. The molecule has 2 aliphatic rings. The number of aliphatic hydroxyl groups is 6. The maximum atomic E-state index is 12.1. The molecule has 0 radical (unpaired) electrons. The Labute approximate surface area is 200 Å². The van der Waals surface area contributed by atoms with Crippen molar-refractivity contribution in [3.63, 3.8) is 0 Å². The molecule has 0 aliphatic carbocycles. The van der Waals surface area contributed by atoms with E-state index in [0.717, 1.165) is 12.3 Å². The minimum absolute atomic E-state index is 0.00658. The quantitative estimate of drug-likeness (QED) is 0.146. The smallest absolute Gasteiger partial charge is 0.330 e. The molecule has 0 aromatic carbocycles. The second-order valence-corrected chi connectivity index (χ2v) is 10.9. The fourth-order valence-electron chi connectivity index (χ4n) is 3.37. The maximum Gasteiger partial charge on any atom is 0.330 e. The summed E-state index contributed by atoms with van der Waals surface area (Å²) in [7, 11) is -11.3. The number of phosphoric acid groups is 1. The SMILES string of the molecule is O=c1ccn([C@@H]2O[C@H](COP(=O)([O-])OP(=O)([O-])/C=C3\O[C@H](CO)[C@@H](O)[C@H](O)[C@H]3O)[C@@H](O)[C@H]2O)c(=O)[nH]1. The molecule has 1 aromatic rings. The van der Waals surface area contributed by atoms with Gasteiger partial charge in [0.05, 0.1) is 13.2 Å². The Balaban J connectivity index is 1.67. The van der Waals surface area contributed by atoms with Crippen LogP contribution in [0.1, 0.15) is 6.23 Å². The maximum absolute atomic E-state index is 12.1. The van der Waals surface area contributed by atoms with Crippen LogP contribution < -0.4 is 21.0 Å². The number of hydrogen-bond donors (Lipinski definition) is 7. The van der Waals surface area contributed by atoms with Gasteiger partial charge in [0.1, 0.15) is 48.5 Å². The van der Waals surface area contributed by atoms with Crippen molar-refractivity contribution < 1.29 is 67.9 Å². The molecular formula is C16H22N2O16P2-2. The Hall–Kier alpha value is -1.76. The first-order chi connectivity index (χ1) is 16.7. The molecule has 3 rings (SSSR count). The number of aromatic amines is 1. The predicted octanol–water partition coefficient (Wildman–Crippen LogP) is -5.47. The Morgan fingerprint density at radius 1 is 1.06 bits per heavy atom. The molecule has 204 valence electrons. The molecule has 2 unspecified atom stereocenters. The Morgan fingerprint density at radius 2 is 1.69 bits per heavy atom. The Morgan fingerprint density at radius 3 is 2.31 bits per heavy atom. The summed E-state index contributed by atoms with van der Waals surface area (Å²) in [5.41, 5.74) is -1.76. The Bertz CT molecular complexity index is 1180.